The summed E-state index contributed by atoms with van der Waals surface area (Å²) in [7, 11) is 0. The number of imide groups is 1. The van der Waals surface area contributed by atoms with E-state index in [0.29, 0.717) is 5.02 Å². The van der Waals surface area contributed by atoms with Crippen LogP contribution in [0.5, 0.6) is 0 Å². The molecule has 3 rings (SSSR count). The van der Waals surface area contributed by atoms with E-state index in [0.717, 1.165) is 18.4 Å². The molecule has 2 fully saturated rings. The zero-order valence-corrected chi connectivity index (χ0v) is 12.1. The van der Waals surface area contributed by atoms with E-state index >= 15 is 0 Å². The van der Waals surface area contributed by atoms with Gasteiger partial charge in [0, 0.05) is 11.1 Å². The zero-order valence-electron chi connectivity index (χ0n) is 11.3. The molecular weight excluding hydrogens is 292 g/mol. The summed E-state index contributed by atoms with van der Waals surface area (Å²) >= 11 is 5.82. The normalized spacial score (nSPS) is 21.3. The summed E-state index contributed by atoms with van der Waals surface area (Å²) in [4.78, 5) is 37.3. The van der Waals surface area contributed by atoms with Gasteiger partial charge in [-0.15, -0.1) is 0 Å². The van der Waals surface area contributed by atoms with Crippen molar-refractivity contribution in [3.05, 3.63) is 34.9 Å². The Labute approximate surface area is 127 Å². The molecule has 2 aliphatic rings. The van der Waals surface area contributed by atoms with Gasteiger partial charge in [-0.3, -0.25) is 19.7 Å². The van der Waals surface area contributed by atoms with Gasteiger partial charge in [0.2, 0.25) is 17.7 Å². The van der Waals surface area contributed by atoms with E-state index in [2.05, 4.69) is 5.32 Å². The van der Waals surface area contributed by atoms with Crippen LogP contribution in [0.2, 0.25) is 5.02 Å². The summed E-state index contributed by atoms with van der Waals surface area (Å²) in [5.74, 6) is -0.791. The Morgan fingerprint density at radius 2 is 1.90 bits per heavy atom. The maximum atomic E-state index is 12.5. The number of nitrogens with zero attached hydrogens (tertiary/aromatic N) is 1. The van der Waals surface area contributed by atoms with Gasteiger partial charge in [-0.05, 0) is 30.5 Å². The predicted octanol–water partition coefficient (Wildman–Crippen LogP) is 1.29. The monoisotopic (exact) mass is 306 g/mol. The molecule has 1 aromatic rings. The van der Waals surface area contributed by atoms with Gasteiger partial charge >= 0.3 is 0 Å². The number of hydrogen-bond acceptors (Lipinski definition) is 3. The number of hydrogen-bond donors (Lipinski definition) is 1. The van der Waals surface area contributed by atoms with E-state index in [1.807, 2.05) is 0 Å². The molecule has 0 aromatic heterocycles. The summed E-state index contributed by atoms with van der Waals surface area (Å²) in [5, 5.41) is 2.88. The van der Waals surface area contributed by atoms with Crippen LogP contribution in [0.3, 0.4) is 0 Å². The van der Waals surface area contributed by atoms with Gasteiger partial charge < -0.3 is 4.90 Å². The van der Waals surface area contributed by atoms with E-state index in [1.165, 1.54) is 0 Å². The maximum absolute atomic E-state index is 12.5. The van der Waals surface area contributed by atoms with Crippen molar-refractivity contribution < 1.29 is 14.4 Å². The summed E-state index contributed by atoms with van der Waals surface area (Å²) in [6.45, 7) is 0. The van der Waals surface area contributed by atoms with Gasteiger partial charge in [-0.1, -0.05) is 23.7 Å². The fraction of sp³-hybridized carbons (Fsp3) is 0.400. The molecule has 0 spiro atoms. The van der Waals surface area contributed by atoms with Crippen molar-refractivity contribution in [2.45, 2.75) is 37.8 Å². The molecule has 1 aromatic carbocycles. The molecule has 1 aliphatic heterocycles. The molecule has 0 unspecified atom stereocenters. The molecule has 0 bridgehead atoms. The number of carbonyl (C=O) groups excluding carboxylic acids is 3. The molecule has 1 atom stereocenters. The fourth-order valence-electron chi connectivity index (χ4n) is 2.62. The minimum Gasteiger partial charge on any atom is -0.327 e. The van der Waals surface area contributed by atoms with E-state index in [-0.39, 0.29) is 36.6 Å². The molecule has 1 saturated carbocycles. The Kier molecular flexibility index (Phi) is 3.68. The lowest BCUT2D eigenvalue weighted by atomic mass is 10.1. The quantitative estimate of drug-likeness (QED) is 0.852. The molecule has 6 heteroatoms. The van der Waals surface area contributed by atoms with Gasteiger partial charge in [-0.2, -0.15) is 0 Å². The number of halogens is 1. The van der Waals surface area contributed by atoms with Crippen LogP contribution in [-0.2, 0) is 20.8 Å². The van der Waals surface area contributed by atoms with Crippen molar-refractivity contribution in [1.29, 1.82) is 0 Å². The first-order chi connectivity index (χ1) is 10.0. The highest BCUT2D eigenvalue weighted by Gasteiger charge is 2.44. The lowest BCUT2D eigenvalue weighted by Gasteiger charge is -2.26. The largest absolute Gasteiger partial charge is 0.327 e. The van der Waals surface area contributed by atoms with Crippen LogP contribution < -0.4 is 5.32 Å². The number of benzene rings is 1. The Balaban J connectivity index is 1.75. The smallest absolute Gasteiger partial charge is 0.249 e. The average Bonchev–Trinajstić information content (AvgIpc) is 3.19. The molecule has 21 heavy (non-hydrogen) atoms. The minimum absolute atomic E-state index is 0.0711. The van der Waals surface area contributed by atoms with Crippen LogP contribution in [0.4, 0.5) is 0 Å². The van der Waals surface area contributed by atoms with E-state index in [9.17, 15) is 14.4 Å². The lowest BCUT2D eigenvalue weighted by molar-refractivity contribution is -0.139. The first-order valence-corrected chi connectivity index (χ1v) is 7.31. The Bertz CT molecular complexity index is 595. The SMILES string of the molecule is O=C1C[C@H](N(C(=O)Cc2ccc(Cl)cc2)C2CC2)C(=O)N1. The summed E-state index contributed by atoms with van der Waals surface area (Å²) in [6, 6.07) is 6.50. The summed E-state index contributed by atoms with van der Waals surface area (Å²) < 4.78 is 0. The third-order valence-corrected chi connectivity index (χ3v) is 4.03. The topological polar surface area (TPSA) is 66.5 Å². The van der Waals surface area contributed by atoms with Crippen LogP contribution in [0, 0.1) is 0 Å². The van der Waals surface area contributed by atoms with Crippen LogP contribution in [0.25, 0.3) is 0 Å². The lowest BCUT2D eigenvalue weighted by Crippen LogP contribution is -2.46. The van der Waals surface area contributed by atoms with E-state index < -0.39 is 6.04 Å². The molecule has 1 heterocycles. The van der Waals surface area contributed by atoms with Gasteiger partial charge in [-0.25, -0.2) is 0 Å². The van der Waals surface area contributed by atoms with Crippen molar-refractivity contribution in [3.63, 3.8) is 0 Å². The van der Waals surface area contributed by atoms with Gasteiger partial charge in [0.05, 0.1) is 12.8 Å². The molecular formula is C15H15ClN2O3. The first-order valence-electron chi connectivity index (χ1n) is 6.94. The second kappa shape index (κ2) is 5.48. The number of amides is 3. The second-order valence-corrected chi connectivity index (χ2v) is 5.90. The highest BCUT2D eigenvalue weighted by atomic mass is 35.5. The molecule has 1 saturated heterocycles. The van der Waals surface area contributed by atoms with Crippen molar-refractivity contribution >= 4 is 29.3 Å². The van der Waals surface area contributed by atoms with Crippen LogP contribution in [-0.4, -0.2) is 34.7 Å². The first kappa shape index (κ1) is 14.1. The van der Waals surface area contributed by atoms with Gasteiger partial charge in [0.1, 0.15) is 6.04 Å². The third kappa shape index (κ3) is 3.08. The predicted molar refractivity (Wildman–Crippen MR) is 76.6 cm³/mol. The highest BCUT2D eigenvalue weighted by molar-refractivity contribution is 6.30. The Morgan fingerprint density at radius 3 is 2.43 bits per heavy atom. The van der Waals surface area contributed by atoms with Crippen molar-refractivity contribution in [2.75, 3.05) is 0 Å². The third-order valence-electron chi connectivity index (χ3n) is 3.78. The number of carbonyl (C=O) groups is 3. The van der Waals surface area contributed by atoms with Gasteiger partial charge in [0.15, 0.2) is 0 Å². The molecule has 110 valence electrons. The fourth-order valence-corrected chi connectivity index (χ4v) is 2.74. The van der Waals surface area contributed by atoms with Crippen LogP contribution in [0.1, 0.15) is 24.8 Å². The second-order valence-electron chi connectivity index (χ2n) is 5.47. The van der Waals surface area contributed by atoms with Crippen molar-refractivity contribution in [1.82, 2.24) is 10.2 Å². The number of rotatable bonds is 4. The molecule has 1 aliphatic carbocycles. The zero-order chi connectivity index (χ0) is 15.0. The summed E-state index contributed by atoms with van der Waals surface area (Å²) in [5.41, 5.74) is 0.847. The Hall–Kier alpha value is -1.88. The van der Waals surface area contributed by atoms with Crippen LogP contribution >= 0.6 is 11.6 Å². The average molecular weight is 307 g/mol. The van der Waals surface area contributed by atoms with Gasteiger partial charge in [0.25, 0.3) is 0 Å². The Morgan fingerprint density at radius 1 is 1.24 bits per heavy atom. The highest BCUT2D eigenvalue weighted by Crippen LogP contribution is 2.31. The molecule has 0 radical (unpaired) electrons. The van der Waals surface area contributed by atoms with Crippen molar-refractivity contribution in [3.8, 4) is 0 Å². The minimum atomic E-state index is -0.648. The maximum Gasteiger partial charge on any atom is 0.249 e. The van der Waals surface area contributed by atoms with Crippen LogP contribution in [0.15, 0.2) is 24.3 Å². The number of nitrogens with one attached hydrogen (secondary N) is 1. The van der Waals surface area contributed by atoms with E-state index in [1.54, 1.807) is 29.2 Å². The standard InChI is InChI=1S/C15H15ClN2O3/c16-10-3-1-9(2-4-10)7-14(20)18(11-5-6-11)12-8-13(19)17-15(12)21/h1-4,11-12H,5-8H2,(H,17,19,21)/t12-/m0/s1. The molecule has 5 nitrogen and oxygen atoms in total. The van der Waals surface area contributed by atoms with E-state index in [4.69, 9.17) is 11.6 Å². The summed E-state index contributed by atoms with van der Waals surface area (Å²) in [6.07, 6.45) is 2.07. The molecule has 3 amide bonds. The molecule has 1 N–H and O–H groups in total. The van der Waals surface area contributed by atoms with Crippen molar-refractivity contribution in [2.24, 2.45) is 0 Å².